The van der Waals surface area contributed by atoms with Crippen molar-refractivity contribution >= 4 is 23.8 Å². The number of likely N-dealkylation sites (tertiary alicyclic amines) is 1. The van der Waals surface area contributed by atoms with Gasteiger partial charge in [0.1, 0.15) is 17.9 Å². The minimum Gasteiger partial charge on any atom is -0.462 e. The monoisotopic (exact) mass is 537 g/mol. The highest BCUT2D eigenvalue weighted by Gasteiger charge is 2.53. The van der Waals surface area contributed by atoms with E-state index in [-0.39, 0.29) is 11.3 Å². The van der Waals surface area contributed by atoms with Gasteiger partial charge in [0.2, 0.25) is 0 Å². The largest absolute Gasteiger partial charge is 0.462 e. The number of thioether (sulfide) groups is 1. The molecule has 5 rings (SSSR count). The SMILES string of the molecule is CN(C)/C=N/C1SC2=C(C1C#N)C1(CCC2)CCC/C(=C(/N)c2ccnc(OC[C@@H]3CCCN3C)n2)N1N. The molecule has 1 spiro atoms. The molecule has 4 N–H and O–H groups in total. The molecule has 1 aromatic heterocycles. The molecule has 0 aromatic carbocycles. The van der Waals surface area contributed by atoms with Gasteiger partial charge in [-0.15, -0.1) is 11.8 Å². The fourth-order valence-corrected chi connectivity index (χ4v) is 7.79. The smallest absolute Gasteiger partial charge is 0.317 e. The van der Waals surface area contributed by atoms with Crippen molar-refractivity contribution in [3.05, 3.63) is 34.1 Å². The predicted octanol–water partition coefficient (Wildman–Crippen LogP) is 2.92. The molecule has 1 aliphatic carbocycles. The molecule has 10 nitrogen and oxygen atoms in total. The Morgan fingerprint density at radius 1 is 1.34 bits per heavy atom. The molecule has 11 heteroatoms. The van der Waals surface area contributed by atoms with E-state index in [2.05, 4.69) is 28.0 Å². The van der Waals surface area contributed by atoms with Crippen molar-refractivity contribution in [1.29, 1.82) is 5.26 Å². The number of rotatable bonds is 6. The summed E-state index contributed by atoms with van der Waals surface area (Å²) in [7, 11) is 6.01. The Kier molecular flexibility index (Phi) is 7.84. The number of nitrogens with two attached hydrogens (primary N) is 2. The van der Waals surface area contributed by atoms with Gasteiger partial charge in [-0.3, -0.25) is 4.99 Å². The Balaban J connectivity index is 1.42. The van der Waals surface area contributed by atoms with Gasteiger partial charge >= 0.3 is 6.01 Å². The van der Waals surface area contributed by atoms with Crippen LogP contribution in [0.5, 0.6) is 6.01 Å². The van der Waals surface area contributed by atoms with Crippen LogP contribution in [0.2, 0.25) is 0 Å². The standard InChI is InChI=1S/C27H39N9OS/c1-34(2)17-32-25-19(15-28)23-22(38-25)9-5-12-27(23)11-4-8-21(36(27)30)24(29)20-10-13-31-26(33-20)37-16-18-7-6-14-35(18)3/h10,13,17-19,25H,4-9,11-12,14,16,29-30H2,1-3H3/b24-21-,32-17+/t18-,19?,25?,27?/m0/s1. The molecule has 2 fully saturated rings. The van der Waals surface area contributed by atoms with Crippen LogP contribution in [-0.2, 0) is 0 Å². The normalized spacial score (nSPS) is 31.1. The lowest BCUT2D eigenvalue weighted by atomic mass is 9.69. The van der Waals surface area contributed by atoms with Crippen LogP contribution in [0.1, 0.15) is 57.1 Å². The van der Waals surface area contributed by atoms with Crippen molar-refractivity contribution in [3.63, 3.8) is 0 Å². The van der Waals surface area contributed by atoms with Gasteiger partial charge < -0.3 is 25.3 Å². The van der Waals surface area contributed by atoms with Crippen LogP contribution in [0, 0.1) is 17.2 Å². The Morgan fingerprint density at radius 2 is 2.13 bits per heavy atom. The van der Waals surface area contributed by atoms with E-state index in [9.17, 15) is 5.26 Å². The van der Waals surface area contributed by atoms with Crippen molar-refractivity contribution < 1.29 is 4.74 Å². The first kappa shape index (κ1) is 26.8. The van der Waals surface area contributed by atoms with Crippen LogP contribution >= 0.6 is 11.8 Å². The number of nitrogens with zero attached hydrogens (tertiary/aromatic N) is 7. The number of ether oxygens (including phenoxy) is 1. The maximum Gasteiger partial charge on any atom is 0.317 e. The van der Waals surface area contributed by atoms with Crippen LogP contribution in [0.3, 0.4) is 0 Å². The number of likely N-dealkylation sites (N-methyl/N-ethyl adjacent to an activating group) is 1. The first-order chi connectivity index (χ1) is 18.3. The zero-order chi connectivity index (χ0) is 26.9. The van der Waals surface area contributed by atoms with E-state index in [1.165, 1.54) is 11.3 Å². The summed E-state index contributed by atoms with van der Waals surface area (Å²) in [5.41, 5.74) is 9.51. The highest BCUT2D eigenvalue weighted by atomic mass is 32.2. The van der Waals surface area contributed by atoms with Gasteiger partial charge in [-0.25, -0.2) is 10.8 Å². The molecule has 38 heavy (non-hydrogen) atoms. The van der Waals surface area contributed by atoms with Crippen molar-refractivity contribution in [2.24, 2.45) is 22.5 Å². The quantitative estimate of drug-likeness (QED) is 0.317. The van der Waals surface area contributed by atoms with Crippen LogP contribution in [0.25, 0.3) is 5.70 Å². The van der Waals surface area contributed by atoms with E-state index in [0.717, 1.165) is 62.8 Å². The summed E-state index contributed by atoms with van der Waals surface area (Å²) >= 11 is 1.73. The molecular weight excluding hydrogens is 498 g/mol. The van der Waals surface area contributed by atoms with Gasteiger partial charge in [0.15, 0.2) is 0 Å². The molecule has 4 heterocycles. The van der Waals surface area contributed by atoms with E-state index in [1.807, 2.05) is 30.1 Å². The second kappa shape index (κ2) is 11.1. The number of nitriles is 1. The number of fused-ring (bicyclic) bond motifs is 1. The highest BCUT2D eigenvalue weighted by molar-refractivity contribution is 8.04. The molecule has 2 saturated heterocycles. The average Bonchev–Trinajstić information content (AvgIpc) is 3.50. The lowest BCUT2D eigenvalue weighted by Gasteiger charge is -2.51. The third kappa shape index (κ3) is 4.97. The average molecular weight is 538 g/mol. The zero-order valence-corrected chi connectivity index (χ0v) is 23.5. The molecule has 0 radical (unpaired) electrons. The molecule has 0 amide bonds. The first-order valence-electron chi connectivity index (χ1n) is 13.5. The second-order valence-corrected chi connectivity index (χ2v) is 12.2. The molecule has 0 bridgehead atoms. The third-order valence-electron chi connectivity index (χ3n) is 8.29. The summed E-state index contributed by atoms with van der Waals surface area (Å²) in [6.07, 6.45) is 11.3. The Morgan fingerprint density at radius 3 is 2.84 bits per heavy atom. The number of allylic oxidation sites excluding steroid dienone is 2. The fraction of sp³-hybridized carbons (Fsp3) is 0.630. The third-order valence-corrected chi connectivity index (χ3v) is 9.64. The number of hydrazine groups is 1. The van der Waals surface area contributed by atoms with E-state index in [0.29, 0.717) is 30.1 Å². The van der Waals surface area contributed by atoms with E-state index >= 15 is 0 Å². The summed E-state index contributed by atoms with van der Waals surface area (Å²) in [4.78, 5) is 19.2. The number of hydrogen-bond acceptors (Lipinski definition) is 10. The van der Waals surface area contributed by atoms with Crippen molar-refractivity contribution in [2.45, 2.75) is 68.3 Å². The summed E-state index contributed by atoms with van der Waals surface area (Å²) in [5.74, 6) is 6.66. The Hall–Kier alpha value is -2.81. The summed E-state index contributed by atoms with van der Waals surface area (Å²) in [6, 6.07) is 5.10. The minimum absolute atomic E-state index is 0.150. The molecule has 3 aliphatic heterocycles. The number of aliphatic imine (C=N–C) groups is 1. The van der Waals surface area contributed by atoms with Crippen molar-refractivity contribution in [2.75, 3.05) is 34.3 Å². The van der Waals surface area contributed by atoms with Crippen molar-refractivity contribution in [3.8, 4) is 12.1 Å². The van der Waals surface area contributed by atoms with Gasteiger partial charge in [0.05, 0.1) is 35.0 Å². The van der Waals surface area contributed by atoms with Crippen LogP contribution in [0.15, 0.2) is 33.4 Å². The van der Waals surface area contributed by atoms with Gasteiger partial charge in [0.25, 0.3) is 0 Å². The lowest BCUT2D eigenvalue weighted by molar-refractivity contribution is 0.0960. The predicted molar refractivity (Wildman–Crippen MR) is 150 cm³/mol. The van der Waals surface area contributed by atoms with E-state index in [1.54, 1.807) is 24.3 Å². The summed E-state index contributed by atoms with van der Waals surface area (Å²) in [5, 5.41) is 12.0. The molecule has 4 atom stereocenters. The van der Waals surface area contributed by atoms with Gasteiger partial charge in [-0.05, 0) is 81.5 Å². The van der Waals surface area contributed by atoms with E-state index < -0.39 is 5.54 Å². The molecular formula is C27H39N9OS. The number of aromatic nitrogens is 2. The molecule has 3 unspecified atom stereocenters. The summed E-state index contributed by atoms with van der Waals surface area (Å²) < 4.78 is 5.96. The Labute approximate surface area is 229 Å². The van der Waals surface area contributed by atoms with Crippen LogP contribution in [0.4, 0.5) is 0 Å². The van der Waals surface area contributed by atoms with Gasteiger partial charge in [0, 0.05) is 26.3 Å². The first-order valence-corrected chi connectivity index (χ1v) is 14.4. The van der Waals surface area contributed by atoms with Crippen LogP contribution in [-0.4, -0.2) is 82.4 Å². The Bertz CT molecular complexity index is 1180. The van der Waals surface area contributed by atoms with Gasteiger partial charge in [-0.2, -0.15) is 10.2 Å². The fourth-order valence-electron chi connectivity index (χ4n) is 6.35. The van der Waals surface area contributed by atoms with Crippen molar-refractivity contribution in [1.82, 2.24) is 24.8 Å². The second-order valence-electron chi connectivity index (χ2n) is 11.0. The number of hydrogen-bond donors (Lipinski definition) is 2. The number of piperidine rings is 1. The molecule has 204 valence electrons. The molecule has 0 saturated carbocycles. The van der Waals surface area contributed by atoms with Gasteiger partial charge in [-0.1, -0.05) is 0 Å². The summed E-state index contributed by atoms with van der Waals surface area (Å²) in [6.45, 7) is 1.65. The lowest BCUT2D eigenvalue weighted by Crippen LogP contribution is -2.58. The zero-order valence-electron chi connectivity index (χ0n) is 22.6. The van der Waals surface area contributed by atoms with Crippen LogP contribution < -0.4 is 16.3 Å². The van der Waals surface area contributed by atoms with E-state index in [4.69, 9.17) is 21.3 Å². The highest BCUT2D eigenvalue weighted by Crippen LogP contribution is 2.57. The maximum absolute atomic E-state index is 10.3. The minimum atomic E-state index is -0.430. The topological polar surface area (TPSA) is 133 Å². The molecule has 4 aliphatic rings. The maximum atomic E-state index is 10.3. The molecule has 1 aromatic rings.